The zero-order valence-corrected chi connectivity index (χ0v) is 16.3. The van der Waals surface area contributed by atoms with Gasteiger partial charge in [0.15, 0.2) is 0 Å². The average molecular weight is 421 g/mol. The molecule has 0 aliphatic carbocycles. The second-order valence-corrected chi connectivity index (χ2v) is 7.51. The van der Waals surface area contributed by atoms with E-state index in [-0.39, 0.29) is 5.92 Å². The summed E-state index contributed by atoms with van der Waals surface area (Å²) in [5, 5.41) is 30.0. The van der Waals surface area contributed by atoms with E-state index >= 15 is 0 Å². The number of halogens is 1. The Morgan fingerprint density at radius 3 is 2.81 bits per heavy atom. The first-order chi connectivity index (χ1) is 13.1. The van der Waals surface area contributed by atoms with E-state index in [1.807, 2.05) is 12.1 Å². The number of hydrogen-bond donors (Lipinski definition) is 2. The van der Waals surface area contributed by atoms with Gasteiger partial charge in [0.1, 0.15) is 11.9 Å². The van der Waals surface area contributed by atoms with Gasteiger partial charge in [-0.2, -0.15) is 15.6 Å². The monoisotopic (exact) mass is 420 g/mol. The van der Waals surface area contributed by atoms with Crippen molar-refractivity contribution in [3.63, 3.8) is 0 Å². The van der Waals surface area contributed by atoms with Crippen molar-refractivity contribution in [2.75, 3.05) is 25.5 Å². The van der Waals surface area contributed by atoms with Crippen molar-refractivity contribution in [2.24, 2.45) is 0 Å². The Balaban J connectivity index is 1.92. The van der Waals surface area contributed by atoms with E-state index in [0.29, 0.717) is 11.1 Å². The predicted octanol–water partition coefficient (Wildman–Crippen LogP) is 3.64. The summed E-state index contributed by atoms with van der Waals surface area (Å²) in [5.41, 5.74) is 4.98. The molecule has 0 bridgehead atoms. The van der Waals surface area contributed by atoms with Crippen LogP contribution < -0.4 is 5.32 Å². The van der Waals surface area contributed by atoms with Crippen molar-refractivity contribution in [1.82, 2.24) is 15.1 Å². The van der Waals surface area contributed by atoms with E-state index in [9.17, 15) is 10.5 Å². The molecule has 0 radical (unpaired) electrons. The Hall–Kier alpha value is -2.87. The van der Waals surface area contributed by atoms with Crippen LogP contribution in [0.1, 0.15) is 29.0 Å². The maximum absolute atomic E-state index is 10.1. The molecule has 1 atom stereocenters. The van der Waals surface area contributed by atoms with E-state index in [0.717, 1.165) is 52.2 Å². The molecule has 0 amide bonds. The number of H-pyrrole nitrogens is 1. The van der Waals surface area contributed by atoms with E-state index in [4.69, 9.17) is 0 Å². The fourth-order valence-electron chi connectivity index (χ4n) is 3.66. The average Bonchev–Trinajstić information content (AvgIpc) is 3.16. The number of nitriles is 2. The van der Waals surface area contributed by atoms with Crippen LogP contribution in [-0.4, -0.2) is 35.2 Å². The minimum atomic E-state index is -0.289. The molecule has 27 heavy (non-hydrogen) atoms. The third-order valence-corrected chi connectivity index (χ3v) is 5.99. The van der Waals surface area contributed by atoms with Gasteiger partial charge in [0.2, 0.25) is 0 Å². The molecule has 1 unspecified atom stereocenters. The fourth-order valence-corrected chi connectivity index (χ4v) is 4.24. The lowest BCUT2D eigenvalue weighted by atomic mass is 9.81. The Morgan fingerprint density at radius 1 is 1.26 bits per heavy atom. The molecule has 0 saturated carbocycles. The fraction of sp³-hybridized carbons (Fsp3) is 0.250. The SMILES string of the molecule is CN1CC=C(C2=C(C#N)C(c3cccc(C#N)c3Br)c3cn[nH]c3N2)CC1. The Morgan fingerprint density at radius 2 is 2.11 bits per heavy atom. The molecular weight excluding hydrogens is 404 g/mol. The second kappa shape index (κ2) is 7.03. The first-order valence-corrected chi connectivity index (χ1v) is 9.44. The number of allylic oxidation sites excluding steroid dienone is 2. The van der Waals surface area contributed by atoms with Crippen LogP contribution in [0, 0.1) is 22.7 Å². The summed E-state index contributed by atoms with van der Waals surface area (Å²) in [5.74, 6) is 0.506. The van der Waals surface area contributed by atoms with E-state index < -0.39 is 0 Å². The number of fused-ring (bicyclic) bond motifs is 1. The van der Waals surface area contributed by atoms with E-state index in [2.05, 4.69) is 61.6 Å². The van der Waals surface area contributed by atoms with Gasteiger partial charge in [0, 0.05) is 23.1 Å². The molecule has 134 valence electrons. The van der Waals surface area contributed by atoms with Gasteiger partial charge in [0.25, 0.3) is 0 Å². The first-order valence-electron chi connectivity index (χ1n) is 8.65. The Bertz CT molecular complexity index is 1050. The summed E-state index contributed by atoms with van der Waals surface area (Å²) in [6.45, 7) is 1.80. The molecule has 6 nitrogen and oxygen atoms in total. The second-order valence-electron chi connectivity index (χ2n) is 6.72. The number of benzene rings is 1. The lowest BCUT2D eigenvalue weighted by Crippen LogP contribution is -2.27. The maximum atomic E-state index is 10.1. The van der Waals surface area contributed by atoms with Crippen molar-refractivity contribution >= 4 is 21.7 Å². The van der Waals surface area contributed by atoms with Crippen LogP contribution in [0.4, 0.5) is 5.82 Å². The third-order valence-electron chi connectivity index (χ3n) is 5.10. The minimum absolute atomic E-state index is 0.289. The van der Waals surface area contributed by atoms with Crippen LogP contribution in [-0.2, 0) is 0 Å². The highest BCUT2D eigenvalue weighted by Crippen LogP contribution is 2.45. The van der Waals surface area contributed by atoms with Gasteiger partial charge in [-0.05, 0) is 46.6 Å². The van der Waals surface area contributed by atoms with Crippen molar-refractivity contribution in [2.45, 2.75) is 12.3 Å². The first kappa shape index (κ1) is 17.5. The highest BCUT2D eigenvalue weighted by molar-refractivity contribution is 9.10. The van der Waals surface area contributed by atoms with Crippen molar-refractivity contribution in [1.29, 1.82) is 10.5 Å². The summed E-state index contributed by atoms with van der Waals surface area (Å²) in [7, 11) is 2.08. The number of rotatable bonds is 2. The van der Waals surface area contributed by atoms with E-state index in [1.54, 1.807) is 12.3 Å². The van der Waals surface area contributed by atoms with Crippen LogP contribution >= 0.6 is 15.9 Å². The van der Waals surface area contributed by atoms with Gasteiger partial charge in [-0.25, -0.2) is 0 Å². The number of hydrogen-bond acceptors (Lipinski definition) is 5. The van der Waals surface area contributed by atoms with Crippen LogP contribution in [0.25, 0.3) is 0 Å². The largest absolute Gasteiger partial charge is 0.339 e. The highest BCUT2D eigenvalue weighted by Gasteiger charge is 2.34. The normalized spacial score (nSPS) is 19.6. The molecule has 3 heterocycles. The van der Waals surface area contributed by atoms with Crippen molar-refractivity contribution in [3.05, 3.63) is 68.5 Å². The van der Waals surface area contributed by atoms with E-state index in [1.165, 1.54) is 0 Å². The highest BCUT2D eigenvalue weighted by atomic mass is 79.9. The van der Waals surface area contributed by atoms with Gasteiger partial charge < -0.3 is 10.2 Å². The minimum Gasteiger partial charge on any atom is -0.339 e. The third kappa shape index (κ3) is 2.95. The number of aromatic amines is 1. The topological polar surface area (TPSA) is 91.5 Å². The summed E-state index contributed by atoms with van der Waals surface area (Å²) in [6, 6.07) is 10.2. The zero-order valence-electron chi connectivity index (χ0n) is 14.8. The molecular formula is C20H17BrN6. The standard InChI is InChI=1S/C20H17BrN6/c1-27-7-5-12(6-8-27)19-15(10-23)17(16-11-24-26-20(16)25-19)14-4-2-3-13(9-22)18(14)21/h2-5,11,17H,6-8H2,1H3,(H2,24,25,26). The Labute approximate surface area is 165 Å². The molecule has 7 heteroatoms. The van der Waals surface area contributed by atoms with Gasteiger partial charge >= 0.3 is 0 Å². The molecule has 1 aromatic carbocycles. The van der Waals surface area contributed by atoms with Crippen LogP contribution in [0.15, 0.2) is 51.8 Å². The van der Waals surface area contributed by atoms with Crippen LogP contribution in [0.2, 0.25) is 0 Å². The zero-order chi connectivity index (χ0) is 19.0. The number of anilines is 1. The van der Waals surface area contributed by atoms with Gasteiger partial charge in [-0.3, -0.25) is 5.10 Å². The van der Waals surface area contributed by atoms with Crippen molar-refractivity contribution < 1.29 is 0 Å². The van der Waals surface area contributed by atoms with Crippen LogP contribution in [0.5, 0.6) is 0 Å². The number of nitrogens with zero attached hydrogens (tertiary/aromatic N) is 4. The summed E-state index contributed by atoms with van der Waals surface area (Å²) in [6.07, 6.45) is 4.79. The van der Waals surface area contributed by atoms with Gasteiger partial charge in [0.05, 0.1) is 35.0 Å². The summed E-state index contributed by atoms with van der Waals surface area (Å²) < 4.78 is 0.719. The molecule has 4 rings (SSSR count). The molecule has 2 aliphatic rings. The summed E-state index contributed by atoms with van der Waals surface area (Å²) >= 11 is 3.57. The molecule has 0 fully saturated rings. The number of nitrogens with one attached hydrogen (secondary N) is 2. The smallest absolute Gasteiger partial charge is 0.130 e. The molecule has 2 N–H and O–H groups in total. The predicted molar refractivity (Wildman–Crippen MR) is 106 cm³/mol. The number of likely N-dealkylation sites (N-methyl/N-ethyl adjacent to an activating group) is 1. The lowest BCUT2D eigenvalue weighted by molar-refractivity contribution is 0.360. The number of aromatic nitrogens is 2. The Kier molecular flexibility index (Phi) is 4.57. The molecule has 2 aromatic rings. The van der Waals surface area contributed by atoms with Crippen LogP contribution in [0.3, 0.4) is 0 Å². The van der Waals surface area contributed by atoms with Crippen molar-refractivity contribution in [3.8, 4) is 12.1 Å². The molecule has 0 spiro atoms. The maximum Gasteiger partial charge on any atom is 0.130 e. The van der Waals surface area contributed by atoms with Gasteiger partial charge in [-0.1, -0.05) is 18.2 Å². The molecule has 2 aliphatic heterocycles. The molecule has 1 aromatic heterocycles. The summed E-state index contributed by atoms with van der Waals surface area (Å²) in [4.78, 5) is 2.24. The lowest BCUT2D eigenvalue weighted by Gasteiger charge is -2.30. The molecule has 0 saturated heterocycles. The quantitative estimate of drug-likeness (QED) is 0.773. The van der Waals surface area contributed by atoms with Gasteiger partial charge in [-0.15, -0.1) is 0 Å².